The van der Waals surface area contributed by atoms with E-state index in [4.69, 9.17) is 9.84 Å². The molecule has 11 heteroatoms. The number of fused-ring (bicyclic) bond motifs is 1. The average molecular weight is 635 g/mol. The molecule has 250 valence electrons. The zero-order valence-electron chi connectivity index (χ0n) is 27.9. The lowest BCUT2D eigenvalue weighted by atomic mass is 9.79. The van der Waals surface area contributed by atoms with Gasteiger partial charge in [-0.05, 0) is 42.0 Å². The summed E-state index contributed by atoms with van der Waals surface area (Å²) in [5.74, 6) is 1.73. The number of aliphatic hydroxyl groups is 2. The lowest BCUT2D eigenvalue weighted by molar-refractivity contribution is -0.137. The fourth-order valence-electron chi connectivity index (χ4n) is 4.02. The highest BCUT2D eigenvalue weighted by molar-refractivity contribution is 6.01. The number of rotatable bonds is 6. The van der Waals surface area contributed by atoms with Gasteiger partial charge in [-0.25, -0.2) is 14.8 Å². The first-order valence-electron chi connectivity index (χ1n) is 15.4. The van der Waals surface area contributed by atoms with Crippen molar-refractivity contribution < 1.29 is 32.9 Å². The van der Waals surface area contributed by atoms with Crippen molar-refractivity contribution in [1.29, 1.82) is 0 Å². The lowest BCUT2D eigenvalue weighted by Crippen LogP contribution is -2.44. The summed E-state index contributed by atoms with van der Waals surface area (Å²) >= 11 is 0. The van der Waals surface area contributed by atoms with Crippen LogP contribution in [0, 0.1) is 5.92 Å². The molecule has 0 aliphatic carbocycles. The van der Waals surface area contributed by atoms with Crippen LogP contribution in [-0.2, 0) is 11.6 Å². The van der Waals surface area contributed by atoms with Crippen molar-refractivity contribution in [3.8, 4) is 17.0 Å². The molecule has 1 unspecified atom stereocenters. The smallest absolute Gasteiger partial charge is 0.416 e. The second-order valence-corrected chi connectivity index (χ2v) is 11.1. The normalized spacial score (nSPS) is 13.9. The van der Waals surface area contributed by atoms with Crippen molar-refractivity contribution in [3.63, 3.8) is 0 Å². The van der Waals surface area contributed by atoms with Gasteiger partial charge in [0, 0.05) is 29.9 Å². The number of nitrogens with one attached hydrogen (secondary N) is 1. The van der Waals surface area contributed by atoms with Gasteiger partial charge in [0.15, 0.2) is 0 Å². The van der Waals surface area contributed by atoms with E-state index in [2.05, 4.69) is 36.1 Å². The molecule has 0 bridgehead atoms. The van der Waals surface area contributed by atoms with Crippen LogP contribution in [0.15, 0.2) is 54.7 Å². The molecule has 0 fully saturated rings. The van der Waals surface area contributed by atoms with Crippen molar-refractivity contribution in [3.05, 3.63) is 65.9 Å². The fourth-order valence-corrected chi connectivity index (χ4v) is 4.02. The first kappa shape index (κ1) is 39.3. The second kappa shape index (κ2) is 18.3. The van der Waals surface area contributed by atoms with Crippen molar-refractivity contribution in [2.24, 2.45) is 5.92 Å². The fraction of sp³-hybridized carbons (Fsp3) is 0.500. The Balaban J connectivity index is 0.00000115. The maximum absolute atomic E-state index is 13.3. The van der Waals surface area contributed by atoms with Gasteiger partial charge in [-0.3, -0.25) is 10.2 Å². The number of carbonyl (C=O) groups excluding carboxylic acids is 1. The molecule has 3 heterocycles. The number of hydrogen-bond donors (Lipinski definition) is 3. The van der Waals surface area contributed by atoms with E-state index >= 15 is 0 Å². The Bertz CT molecular complexity index is 1330. The largest absolute Gasteiger partial charge is 0.491 e. The Kier molecular flexibility index (Phi) is 16.0. The molecule has 1 aromatic carbocycles. The number of alkyl halides is 3. The number of anilines is 2. The summed E-state index contributed by atoms with van der Waals surface area (Å²) in [6, 6.07) is 10.9. The molecule has 0 saturated heterocycles. The molecule has 0 spiro atoms. The summed E-state index contributed by atoms with van der Waals surface area (Å²) in [7, 11) is 0. The summed E-state index contributed by atoms with van der Waals surface area (Å²) in [5, 5.41) is 21.1. The topological polar surface area (TPSA) is 108 Å². The number of amides is 2. The molecule has 1 atom stereocenters. The zero-order chi connectivity index (χ0) is 34.4. The first-order chi connectivity index (χ1) is 21.2. The number of pyridine rings is 2. The van der Waals surface area contributed by atoms with E-state index in [1.54, 1.807) is 24.3 Å². The molecular formula is C34H49F3N4O4. The number of hydrogen-bond acceptors (Lipinski definition) is 6. The van der Waals surface area contributed by atoms with E-state index in [9.17, 15) is 23.1 Å². The minimum Gasteiger partial charge on any atom is -0.491 e. The third-order valence-electron chi connectivity index (χ3n) is 6.17. The molecule has 3 N–H and O–H groups in total. The van der Waals surface area contributed by atoms with Crippen LogP contribution in [-0.4, -0.2) is 52.1 Å². The second-order valence-electron chi connectivity index (χ2n) is 11.1. The minimum atomic E-state index is -4.49. The van der Waals surface area contributed by atoms with E-state index in [0.717, 1.165) is 23.6 Å². The number of nitrogens with zero attached hydrogens (tertiary/aromatic N) is 3. The maximum Gasteiger partial charge on any atom is 0.416 e. The molecule has 45 heavy (non-hydrogen) atoms. The maximum atomic E-state index is 13.3. The number of ether oxygens (including phenoxy) is 1. The highest BCUT2D eigenvalue weighted by atomic mass is 19.4. The number of carbonyl (C=O) groups is 1. The third-order valence-corrected chi connectivity index (χ3v) is 6.17. The van der Waals surface area contributed by atoms with Crippen LogP contribution in [0.4, 0.5) is 29.6 Å². The predicted molar refractivity (Wildman–Crippen MR) is 175 cm³/mol. The lowest BCUT2D eigenvalue weighted by Gasteiger charge is -2.38. The Morgan fingerprint density at radius 1 is 1.07 bits per heavy atom. The van der Waals surface area contributed by atoms with E-state index < -0.39 is 30.5 Å². The molecule has 0 saturated carbocycles. The van der Waals surface area contributed by atoms with Crippen molar-refractivity contribution in [1.82, 2.24) is 9.97 Å². The summed E-state index contributed by atoms with van der Waals surface area (Å²) in [6.45, 7) is 18.3. The van der Waals surface area contributed by atoms with Crippen LogP contribution in [0.2, 0.25) is 0 Å². The van der Waals surface area contributed by atoms with E-state index in [0.29, 0.717) is 30.2 Å². The zero-order valence-corrected chi connectivity index (χ0v) is 27.9. The van der Waals surface area contributed by atoms with Crippen LogP contribution in [0.25, 0.3) is 11.3 Å². The van der Waals surface area contributed by atoms with Crippen molar-refractivity contribution in [2.75, 3.05) is 30.0 Å². The number of urea groups is 1. The van der Waals surface area contributed by atoms with Gasteiger partial charge in [-0.15, -0.1) is 0 Å². The van der Waals surface area contributed by atoms with Crippen molar-refractivity contribution >= 4 is 17.7 Å². The van der Waals surface area contributed by atoms with Gasteiger partial charge in [0.2, 0.25) is 0 Å². The predicted octanol–water partition coefficient (Wildman–Crippen LogP) is 8.33. The quantitative estimate of drug-likeness (QED) is 0.252. The number of aromatic nitrogens is 2. The van der Waals surface area contributed by atoms with Crippen molar-refractivity contribution in [2.45, 2.75) is 86.4 Å². The Labute approximate surface area is 265 Å². The third kappa shape index (κ3) is 12.0. The highest BCUT2D eigenvalue weighted by Crippen LogP contribution is 2.40. The van der Waals surface area contributed by atoms with Gasteiger partial charge in [-0.1, -0.05) is 80.5 Å². The van der Waals surface area contributed by atoms with Crippen LogP contribution >= 0.6 is 0 Å². The summed E-state index contributed by atoms with van der Waals surface area (Å²) < 4.78 is 45.1. The van der Waals surface area contributed by atoms with Gasteiger partial charge >= 0.3 is 12.2 Å². The molecule has 2 amide bonds. The molecule has 0 radical (unpaired) electrons. The number of benzene rings is 1. The van der Waals surface area contributed by atoms with Gasteiger partial charge in [0.25, 0.3) is 0 Å². The first-order valence-corrected chi connectivity index (χ1v) is 15.4. The number of aliphatic hydroxyl groups excluding tert-OH is 2. The van der Waals surface area contributed by atoms with Gasteiger partial charge in [-0.2, -0.15) is 13.2 Å². The van der Waals surface area contributed by atoms with E-state index in [1.807, 2.05) is 41.5 Å². The van der Waals surface area contributed by atoms with E-state index in [1.165, 1.54) is 23.2 Å². The molecule has 8 nitrogen and oxygen atoms in total. The summed E-state index contributed by atoms with van der Waals surface area (Å²) in [4.78, 5) is 23.5. The SMILES string of the molecule is CC.CC.CC(C)C.CC1(C)CCN(C(=O)Nc2cc(OCC(O)CO)ccn2)c2nc(-c3cccc(C(F)(F)F)c3)ccc21. The molecular weight excluding hydrogens is 585 g/mol. The van der Waals surface area contributed by atoms with Crippen LogP contribution in [0.5, 0.6) is 5.75 Å². The van der Waals surface area contributed by atoms with Crippen LogP contribution in [0.3, 0.4) is 0 Å². The van der Waals surface area contributed by atoms with Crippen LogP contribution in [0.1, 0.15) is 79.9 Å². The summed E-state index contributed by atoms with van der Waals surface area (Å²) in [6.07, 6.45) is -3.46. The number of halogens is 3. The minimum absolute atomic E-state index is 0.134. The molecule has 3 aromatic rings. The van der Waals surface area contributed by atoms with Gasteiger partial charge in [0.1, 0.15) is 30.1 Å². The van der Waals surface area contributed by atoms with Crippen LogP contribution < -0.4 is 15.0 Å². The Morgan fingerprint density at radius 3 is 2.31 bits per heavy atom. The standard InChI is InChI=1S/C26H27F3N4O4.C4H10.2C2H6/c1-25(2)9-11-33(24(36)32-22-13-19(8-10-30-22)37-15-18(35)14-34)23-20(25)6-7-21(31-23)16-4-3-5-17(12-16)26(27,28)29;1-4(2)3;2*1-2/h3-8,10,12-13,18,34-35H,9,11,14-15H2,1-2H3,(H,30,32,36);4H,1-3H3;2*1-2H3. The Hall–Kier alpha value is -3.70. The molecule has 4 rings (SSSR count). The molecule has 2 aromatic heterocycles. The Morgan fingerprint density at radius 2 is 1.71 bits per heavy atom. The summed E-state index contributed by atoms with van der Waals surface area (Å²) in [5.41, 5.74) is 0.325. The monoisotopic (exact) mass is 634 g/mol. The molecule has 1 aliphatic heterocycles. The van der Waals surface area contributed by atoms with Gasteiger partial charge < -0.3 is 14.9 Å². The van der Waals surface area contributed by atoms with E-state index in [-0.39, 0.29) is 23.4 Å². The van der Waals surface area contributed by atoms with Gasteiger partial charge in [0.05, 0.1) is 17.9 Å². The molecule has 1 aliphatic rings. The average Bonchev–Trinajstić information content (AvgIpc) is 3.01. The highest BCUT2D eigenvalue weighted by Gasteiger charge is 2.36.